The lowest BCUT2D eigenvalue weighted by molar-refractivity contribution is 0.0235. The van der Waals surface area contributed by atoms with Crippen LogP contribution in [-0.2, 0) is 0 Å². The van der Waals surface area contributed by atoms with E-state index in [1.807, 2.05) is 19.0 Å². The minimum absolute atomic E-state index is 0.106. The molecule has 0 saturated carbocycles. The number of nitrogens with zero attached hydrogens (tertiary/aromatic N) is 3. The van der Waals surface area contributed by atoms with E-state index in [-0.39, 0.29) is 5.91 Å². The number of β-amino-alcohol motifs (C(OH)–C–C–N with tert-alkyl or cyclic N) is 1. The van der Waals surface area contributed by atoms with E-state index >= 15 is 0 Å². The fourth-order valence-corrected chi connectivity index (χ4v) is 2.69. The summed E-state index contributed by atoms with van der Waals surface area (Å²) in [6.07, 6.45) is 0.598. The van der Waals surface area contributed by atoms with Crippen molar-refractivity contribution < 1.29 is 14.4 Å². The maximum atomic E-state index is 12.4. The normalized spacial score (nSPS) is 23.4. The van der Waals surface area contributed by atoms with Gasteiger partial charge in [0.1, 0.15) is 11.3 Å². The minimum atomic E-state index is -0.821. The lowest BCUT2D eigenvalue weighted by atomic mass is 10.0. The molecule has 1 fully saturated rings. The Labute approximate surface area is 113 Å². The van der Waals surface area contributed by atoms with Crippen LogP contribution in [0.2, 0.25) is 0 Å². The SMILES string of the molecule is Cc1noc(C)c1C(=O)N1CC[C@](O)(CN(C)C)C1. The van der Waals surface area contributed by atoms with Crippen LogP contribution >= 0.6 is 0 Å². The second-order valence-corrected chi connectivity index (χ2v) is 5.64. The molecule has 1 N–H and O–H groups in total. The molecule has 2 rings (SSSR count). The van der Waals surface area contributed by atoms with Crippen LogP contribution in [0.15, 0.2) is 4.52 Å². The van der Waals surface area contributed by atoms with Gasteiger partial charge in [-0.1, -0.05) is 5.16 Å². The Bertz CT molecular complexity index is 464. The number of aryl methyl sites for hydroxylation is 2. The van der Waals surface area contributed by atoms with E-state index in [0.29, 0.717) is 43.1 Å². The Morgan fingerprint density at radius 2 is 2.21 bits per heavy atom. The van der Waals surface area contributed by atoms with Crippen LogP contribution < -0.4 is 0 Å². The molecular weight excluding hydrogens is 246 g/mol. The van der Waals surface area contributed by atoms with E-state index in [0.717, 1.165) is 0 Å². The summed E-state index contributed by atoms with van der Waals surface area (Å²) in [4.78, 5) is 16.0. The quantitative estimate of drug-likeness (QED) is 0.860. The molecule has 1 aromatic rings. The van der Waals surface area contributed by atoms with Gasteiger partial charge in [-0.2, -0.15) is 0 Å². The van der Waals surface area contributed by atoms with Gasteiger partial charge in [0.2, 0.25) is 0 Å². The molecule has 19 heavy (non-hydrogen) atoms. The summed E-state index contributed by atoms with van der Waals surface area (Å²) >= 11 is 0. The summed E-state index contributed by atoms with van der Waals surface area (Å²) in [7, 11) is 3.83. The molecule has 1 saturated heterocycles. The Kier molecular flexibility index (Phi) is 3.64. The molecule has 0 bridgehead atoms. The summed E-state index contributed by atoms with van der Waals surface area (Å²) in [5.41, 5.74) is 0.303. The third kappa shape index (κ3) is 2.79. The number of aliphatic hydroxyl groups is 1. The number of likely N-dealkylation sites (N-methyl/N-ethyl adjacent to an activating group) is 1. The molecule has 1 aromatic heterocycles. The van der Waals surface area contributed by atoms with Crippen LogP contribution in [0.5, 0.6) is 0 Å². The smallest absolute Gasteiger partial charge is 0.259 e. The van der Waals surface area contributed by atoms with E-state index in [2.05, 4.69) is 5.16 Å². The van der Waals surface area contributed by atoms with Gasteiger partial charge in [-0.15, -0.1) is 0 Å². The minimum Gasteiger partial charge on any atom is -0.387 e. The second kappa shape index (κ2) is 4.94. The molecule has 6 nitrogen and oxygen atoms in total. The zero-order valence-electron chi connectivity index (χ0n) is 11.9. The Balaban J connectivity index is 2.11. The molecule has 1 aliphatic rings. The predicted molar refractivity (Wildman–Crippen MR) is 70.0 cm³/mol. The van der Waals surface area contributed by atoms with Crippen LogP contribution in [-0.4, -0.2) is 65.3 Å². The predicted octanol–water partition coefficient (Wildman–Crippen LogP) is 0.430. The highest BCUT2D eigenvalue weighted by atomic mass is 16.5. The Hall–Kier alpha value is -1.40. The lowest BCUT2D eigenvalue weighted by Gasteiger charge is -2.26. The maximum Gasteiger partial charge on any atom is 0.259 e. The standard InChI is InChI=1S/C13H21N3O3/c1-9-11(10(2)19-14-9)12(17)16-6-5-13(18,8-16)7-15(3)4/h18H,5-8H2,1-4H3/t13-/m0/s1. The third-order valence-corrected chi connectivity index (χ3v) is 3.48. The largest absolute Gasteiger partial charge is 0.387 e. The van der Waals surface area contributed by atoms with Crippen molar-refractivity contribution in [1.29, 1.82) is 0 Å². The zero-order chi connectivity index (χ0) is 14.2. The van der Waals surface area contributed by atoms with Gasteiger partial charge in [0.05, 0.1) is 17.8 Å². The lowest BCUT2D eigenvalue weighted by Crippen LogP contribution is -2.43. The van der Waals surface area contributed by atoms with Crippen LogP contribution in [0.25, 0.3) is 0 Å². The number of aromatic nitrogens is 1. The second-order valence-electron chi connectivity index (χ2n) is 5.64. The van der Waals surface area contributed by atoms with Crippen molar-refractivity contribution >= 4 is 5.91 Å². The third-order valence-electron chi connectivity index (χ3n) is 3.48. The van der Waals surface area contributed by atoms with Crippen molar-refractivity contribution in [2.45, 2.75) is 25.9 Å². The first-order valence-corrected chi connectivity index (χ1v) is 6.42. The topological polar surface area (TPSA) is 69.8 Å². The number of hydrogen-bond acceptors (Lipinski definition) is 5. The molecular formula is C13H21N3O3. The van der Waals surface area contributed by atoms with Crippen molar-refractivity contribution in [3.8, 4) is 0 Å². The molecule has 6 heteroatoms. The van der Waals surface area contributed by atoms with Crippen molar-refractivity contribution in [3.05, 3.63) is 17.0 Å². The molecule has 1 aliphatic heterocycles. The van der Waals surface area contributed by atoms with Gasteiger partial charge >= 0.3 is 0 Å². The van der Waals surface area contributed by atoms with E-state index in [1.165, 1.54) is 0 Å². The summed E-state index contributed by atoms with van der Waals surface area (Å²) in [6, 6.07) is 0. The highest BCUT2D eigenvalue weighted by Gasteiger charge is 2.39. The van der Waals surface area contributed by atoms with Crippen LogP contribution in [0.1, 0.15) is 28.2 Å². The Morgan fingerprint density at radius 3 is 2.74 bits per heavy atom. The first-order valence-electron chi connectivity index (χ1n) is 6.42. The van der Waals surface area contributed by atoms with Gasteiger partial charge in [0, 0.05) is 13.1 Å². The summed E-state index contributed by atoms with van der Waals surface area (Å²) in [6.45, 7) is 4.96. The number of rotatable bonds is 3. The number of likely N-dealkylation sites (tertiary alicyclic amines) is 1. The van der Waals surface area contributed by atoms with E-state index in [9.17, 15) is 9.90 Å². The maximum absolute atomic E-state index is 12.4. The zero-order valence-corrected chi connectivity index (χ0v) is 11.9. The first kappa shape index (κ1) is 14.0. The van der Waals surface area contributed by atoms with Crippen molar-refractivity contribution in [2.24, 2.45) is 0 Å². The van der Waals surface area contributed by atoms with E-state index in [1.54, 1.807) is 18.7 Å². The van der Waals surface area contributed by atoms with Gasteiger partial charge in [-0.05, 0) is 34.4 Å². The highest BCUT2D eigenvalue weighted by molar-refractivity contribution is 5.96. The molecule has 0 unspecified atom stereocenters. The molecule has 0 aromatic carbocycles. The summed E-state index contributed by atoms with van der Waals surface area (Å²) < 4.78 is 5.02. The first-order chi connectivity index (χ1) is 8.82. The average molecular weight is 267 g/mol. The Morgan fingerprint density at radius 1 is 1.53 bits per heavy atom. The van der Waals surface area contributed by atoms with Crippen molar-refractivity contribution in [2.75, 3.05) is 33.7 Å². The molecule has 1 atom stereocenters. The molecule has 0 radical (unpaired) electrons. The van der Waals surface area contributed by atoms with Crippen LogP contribution in [0, 0.1) is 13.8 Å². The molecule has 1 amide bonds. The van der Waals surface area contributed by atoms with Gasteiger partial charge < -0.3 is 19.4 Å². The number of hydrogen-bond donors (Lipinski definition) is 1. The monoisotopic (exact) mass is 267 g/mol. The number of carbonyl (C=O) groups is 1. The van der Waals surface area contributed by atoms with E-state index in [4.69, 9.17) is 4.52 Å². The van der Waals surface area contributed by atoms with Gasteiger partial charge in [-0.25, -0.2) is 0 Å². The van der Waals surface area contributed by atoms with Gasteiger partial charge in [0.15, 0.2) is 0 Å². The van der Waals surface area contributed by atoms with Crippen LogP contribution in [0.3, 0.4) is 0 Å². The van der Waals surface area contributed by atoms with Crippen LogP contribution in [0.4, 0.5) is 0 Å². The highest BCUT2D eigenvalue weighted by Crippen LogP contribution is 2.25. The van der Waals surface area contributed by atoms with Crippen molar-refractivity contribution in [3.63, 3.8) is 0 Å². The summed E-state index contributed by atoms with van der Waals surface area (Å²) in [5.74, 6) is 0.427. The molecule has 0 aliphatic carbocycles. The molecule has 0 spiro atoms. The van der Waals surface area contributed by atoms with Crippen molar-refractivity contribution in [1.82, 2.24) is 15.0 Å². The fourth-order valence-electron chi connectivity index (χ4n) is 2.69. The van der Waals surface area contributed by atoms with Gasteiger partial charge in [0.25, 0.3) is 5.91 Å². The number of amides is 1. The summed E-state index contributed by atoms with van der Waals surface area (Å²) in [5, 5.41) is 14.2. The number of carbonyl (C=O) groups excluding carboxylic acids is 1. The fraction of sp³-hybridized carbons (Fsp3) is 0.692. The molecule has 106 valence electrons. The van der Waals surface area contributed by atoms with Gasteiger partial charge in [-0.3, -0.25) is 4.79 Å². The van der Waals surface area contributed by atoms with E-state index < -0.39 is 5.60 Å². The molecule has 2 heterocycles. The average Bonchev–Trinajstić information content (AvgIpc) is 2.82.